The highest BCUT2D eigenvalue weighted by Gasteiger charge is 2.12. The van der Waals surface area contributed by atoms with E-state index in [0.29, 0.717) is 22.1 Å². The van der Waals surface area contributed by atoms with Gasteiger partial charge in [0.25, 0.3) is 5.56 Å². The van der Waals surface area contributed by atoms with Crippen LogP contribution < -0.4 is 5.56 Å². The molecule has 0 aliphatic rings. The van der Waals surface area contributed by atoms with Crippen LogP contribution in [0.1, 0.15) is 5.56 Å². The van der Waals surface area contributed by atoms with Crippen LogP contribution in [0.2, 0.25) is 0 Å². The largest absolute Gasteiger partial charge is 0.311 e. The summed E-state index contributed by atoms with van der Waals surface area (Å²) in [7, 11) is 1.80. The number of aromatic amines is 1. The molecule has 0 spiro atoms. The number of hydrogen-bond acceptors (Lipinski definition) is 4. The SMILES string of the molecule is Cn1c(SCc2cccc(F)c2)nc2c(=O)[nH]cnc21. The minimum atomic E-state index is -0.261. The zero-order valence-corrected chi connectivity index (χ0v) is 11.4. The second kappa shape index (κ2) is 5.09. The fourth-order valence-electron chi connectivity index (χ4n) is 1.89. The van der Waals surface area contributed by atoms with E-state index in [4.69, 9.17) is 0 Å². The molecule has 0 fully saturated rings. The Balaban J connectivity index is 1.90. The van der Waals surface area contributed by atoms with Crippen LogP contribution in [0.3, 0.4) is 0 Å². The Morgan fingerprint density at radius 3 is 3.05 bits per heavy atom. The molecule has 1 N–H and O–H groups in total. The van der Waals surface area contributed by atoms with Gasteiger partial charge in [0.2, 0.25) is 0 Å². The van der Waals surface area contributed by atoms with Crippen LogP contribution in [0.4, 0.5) is 4.39 Å². The number of aromatic nitrogens is 4. The maximum Gasteiger partial charge on any atom is 0.278 e. The summed E-state index contributed by atoms with van der Waals surface area (Å²) in [5, 5.41) is 0.675. The number of aryl methyl sites for hydroxylation is 1. The summed E-state index contributed by atoms with van der Waals surface area (Å²) >= 11 is 1.44. The van der Waals surface area contributed by atoms with E-state index in [1.807, 2.05) is 6.07 Å². The topological polar surface area (TPSA) is 63.6 Å². The van der Waals surface area contributed by atoms with Crippen molar-refractivity contribution in [2.75, 3.05) is 0 Å². The van der Waals surface area contributed by atoms with Crippen molar-refractivity contribution < 1.29 is 4.39 Å². The van der Waals surface area contributed by atoms with E-state index in [-0.39, 0.29) is 11.4 Å². The number of rotatable bonds is 3. The Morgan fingerprint density at radius 1 is 1.45 bits per heavy atom. The zero-order valence-electron chi connectivity index (χ0n) is 10.6. The van der Waals surface area contributed by atoms with E-state index in [9.17, 15) is 9.18 Å². The van der Waals surface area contributed by atoms with Crippen molar-refractivity contribution in [1.29, 1.82) is 0 Å². The summed E-state index contributed by atoms with van der Waals surface area (Å²) < 4.78 is 14.9. The molecule has 0 unspecified atom stereocenters. The third kappa shape index (κ3) is 2.32. The first-order valence-electron chi connectivity index (χ1n) is 5.92. The molecule has 7 heteroatoms. The number of benzene rings is 1. The highest BCUT2D eigenvalue weighted by Crippen LogP contribution is 2.23. The molecule has 3 rings (SSSR count). The fourth-order valence-corrected chi connectivity index (χ4v) is 2.81. The standard InChI is InChI=1S/C13H11FN4OS/c1-18-11-10(12(19)16-7-15-11)17-13(18)20-6-8-3-2-4-9(14)5-8/h2-5,7H,6H2,1H3,(H,15,16,19). The van der Waals surface area contributed by atoms with Gasteiger partial charge in [-0.3, -0.25) is 4.79 Å². The van der Waals surface area contributed by atoms with Crippen LogP contribution in [-0.4, -0.2) is 19.5 Å². The lowest BCUT2D eigenvalue weighted by Gasteiger charge is -2.02. The quantitative estimate of drug-likeness (QED) is 0.750. The third-order valence-corrected chi connectivity index (χ3v) is 3.98. The minimum Gasteiger partial charge on any atom is -0.311 e. The van der Waals surface area contributed by atoms with Crippen LogP contribution in [-0.2, 0) is 12.8 Å². The lowest BCUT2D eigenvalue weighted by atomic mass is 10.2. The highest BCUT2D eigenvalue weighted by atomic mass is 32.2. The van der Waals surface area contributed by atoms with Gasteiger partial charge in [-0.05, 0) is 17.7 Å². The van der Waals surface area contributed by atoms with Gasteiger partial charge in [0.1, 0.15) is 5.82 Å². The van der Waals surface area contributed by atoms with Gasteiger partial charge in [0, 0.05) is 12.8 Å². The van der Waals surface area contributed by atoms with E-state index < -0.39 is 0 Å². The number of halogens is 1. The molecule has 0 aliphatic carbocycles. The second-order valence-electron chi connectivity index (χ2n) is 4.28. The van der Waals surface area contributed by atoms with E-state index in [2.05, 4.69) is 15.0 Å². The number of nitrogens with one attached hydrogen (secondary N) is 1. The Hall–Kier alpha value is -2.15. The lowest BCUT2D eigenvalue weighted by molar-refractivity contribution is 0.626. The molecule has 0 bridgehead atoms. The maximum atomic E-state index is 13.1. The number of nitrogens with zero attached hydrogens (tertiary/aromatic N) is 3. The molecule has 5 nitrogen and oxygen atoms in total. The first kappa shape index (κ1) is 12.9. The van der Waals surface area contributed by atoms with Gasteiger partial charge in [-0.2, -0.15) is 0 Å². The fraction of sp³-hybridized carbons (Fsp3) is 0.154. The molecular weight excluding hydrogens is 279 g/mol. The van der Waals surface area contributed by atoms with Crippen molar-refractivity contribution in [3.05, 3.63) is 52.3 Å². The van der Waals surface area contributed by atoms with E-state index in [0.717, 1.165) is 5.56 Å². The smallest absolute Gasteiger partial charge is 0.278 e. The molecule has 20 heavy (non-hydrogen) atoms. The van der Waals surface area contributed by atoms with Crippen molar-refractivity contribution in [3.63, 3.8) is 0 Å². The summed E-state index contributed by atoms with van der Waals surface area (Å²) in [6.45, 7) is 0. The number of fused-ring (bicyclic) bond motifs is 1. The summed E-state index contributed by atoms with van der Waals surface area (Å²) in [5.41, 5.74) is 1.46. The molecule has 102 valence electrons. The molecule has 2 aromatic heterocycles. The molecule has 0 amide bonds. The van der Waals surface area contributed by atoms with Gasteiger partial charge < -0.3 is 9.55 Å². The molecule has 0 radical (unpaired) electrons. The molecule has 3 aromatic rings. The van der Waals surface area contributed by atoms with Crippen LogP contribution in [0.5, 0.6) is 0 Å². The lowest BCUT2D eigenvalue weighted by Crippen LogP contribution is -2.06. The molecule has 2 heterocycles. The Bertz CT molecular complexity index is 827. The predicted molar refractivity (Wildman–Crippen MR) is 75.1 cm³/mol. The molecule has 0 aliphatic heterocycles. The first-order chi connectivity index (χ1) is 9.65. The number of imidazole rings is 1. The van der Waals surface area contributed by atoms with E-state index in [1.54, 1.807) is 17.7 Å². The van der Waals surface area contributed by atoms with Gasteiger partial charge >= 0.3 is 0 Å². The number of thioether (sulfide) groups is 1. The summed E-state index contributed by atoms with van der Waals surface area (Å²) in [6.07, 6.45) is 1.35. The second-order valence-corrected chi connectivity index (χ2v) is 5.22. The van der Waals surface area contributed by atoms with Gasteiger partial charge in [0.05, 0.1) is 6.33 Å². The molecule has 0 saturated heterocycles. The average molecular weight is 290 g/mol. The Kier molecular flexibility index (Phi) is 3.27. The van der Waals surface area contributed by atoms with Crippen LogP contribution in [0.25, 0.3) is 11.2 Å². The predicted octanol–water partition coefficient (Wildman–Crippen LogP) is 2.09. The Labute approximate surface area is 117 Å². The zero-order chi connectivity index (χ0) is 14.1. The van der Waals surface area contributed by atoms with Crippen molar-refractivity contribution >= 4 is 22.9 Å². The third-order valence-electron chi connectivity index (χ3n) is 2.88. The van der Waals surface area contributed by atoms with E-state index in [1.165, 1.54) is 30.2 Å². The van der Waals surface area contributed by atoms with Gasteiger partial charge in [-0.1, -0.05) is 23.9 Å². The summed E-state index contributed by atoms with van der Waals surface area (Å²) in [4.78, 5) is 22.5. The van der Waals surface area contributed by atoms with Crippen LogP contribution >= 0.6 is 11.8 Å². The first-order valence-corrected chi connectivity index (χ1v) is 6.91. The monoisotopic (exact) mass is 290 g/mol. The van der Waals surface area contributed by atoms with Crippen LogP contribution in [0.15, 0.2) is 40.5 Å². The average Bonchev–Trinajstić information content (AvgIpc) is 2.75. The van der Waals surface area contributed by atoms with E-state index >= 15 is 0 Å². The van der Waals surface area contributed by atoms with Gasteiger partial charge in [0.15, 0.2) is 16.3 Å². The van der Waals surface area contributed by atoms with Crippen molar-refractivity contribution in [2.24, 2.45) is 7.05 Å². The molecule has 0 saturated carbocycles. The van der Waals surface area contributed by atoms with Crippen molar-refractivity contribution in [2.45, 2.75) is 10.9 Å². The van der Waals surface area contributed by atoms with Crippen molar-refractivity contribution in [3.8, 4) is 0 Å². The van der Waals surface area contributed by atoms with Crippen LogP contribution in [0, 0.1) is 5.82 Å². The summed E-state index contributed by atoms with van der Waals surface area (Å²) in [5.74, 6) is 0.318. The van der Waals surface area contributed by atoms with Gasteiger partial charge in [-0.25, -0.2) is 14.4 Å². The molecule has 0 atom stereocenters. The highest BCUT2D eigenvalue weighted by molar-refractivity contribution is 7.98. The molecule has 1 aromatic carbocycles. The van der Waals surface area contributed by atoms with Gasteiger partial charge in [-0.15, -0.1) is 0 Å². The Morgan fingerprint density at radius 2 is 2.30 bits per heavy atom. The maximum absolute atomic E-state index is 13.1. The number of H-pyrrole nitrogens is 1. The van der Waals surface area contributed by atoms with Crippen molar-refractivity contribution in [1.82, 2.24) is 19.5 Å². The normalized spacial score (nSPS) is 11.1. The minimum absolute atomic E-state index is 0.258. The number of hydrogen-bond donors (Lipinski definition) is 1. The summed E-state index contributed by atoms with van der Waals surface area (Å²) in [6, 6.07) is 6.42. The molecular formula is C13H11FN4OS.